The average Bonchev–Trinajstić information content (AvgIpc) is 2.70. The van der Waals surface area contributed by atoms with Crippen LogP contribution in [0.5, 0.6) is 0 Å². The molecule has 0 fully saturated rings. The first kappa shape index (κ1) is 17.2. The summed E-state index contributed by atoms with van der Waals surface area (Å²) in [6, 6.07) is 23.4. The number of fused-ring (bicyclic) bond motifs is 1. The van der Waals surface area contributed by atoms with Crippen molar-refractivity contribution in [2.45, 2.75) is 9.79 Å². The highest BCUT2D eigenvalue weighted by Crippen LogP contribution is 2.38. The lowest BCUT2D eigenvalue weighted by Gasteiger charge is -2.13. The maximum absolute atomic E-state index is 14.1. The molecule has 0 saturated heterocycles. The number of carbonyl (C=O) groups is 1. The lowest BCUT2D eigenvalue weighted by atomic mass is 10.1. The number of pyridine rings is 1. The maximum atomic E-state index is 14.1. The minimum Gasteiger partial charge on any atom is -0.320 e. The van der Waals surface area contributed by atoms with Crippen molar-refractivity contribution in [3.63, 3.8) is 0 Å². The summed E-state index contributed by atoms with van der Waals surface area (Å²) < 4.78 is 14.1. The van der Waals surface area contributed by atoms with E-state index in [9.17, 15) is 9.18 Å². The van der Waals surface area contributed by atoms with Gasteiger partial charge in [0.2, 0.25) is 0 Å². The van der Waals surface area contributed by atoms with Gasteiger partial charge in [-0.25, -0.2) is 4.39 Å². The Morgan fingerprint density at radius 3 is 2.37 bits per heavy atom. The van der Waals surface area contributed by atoms with E-state index in [1.165, 1.54) is 17.8 Å². The fourth-order valence-corrected chi connectivity index (χ4v) is 3.85. The van der Waals surface area contributed by atoms with Crippen LogP contribution in [0.1, 0.15) is 10.5 Å². The number of nitrogens with zero attached hydrogens (tertiary/aromatic N) is 1. The van der Waals surface area contributed by atoms with Crippen LogP contribution in [-0.2, 0) is 0 Å². The second kappa shape index (κ2) is 7.60. The summed E-state index contributed by atoms with van der Waals surface area (Å²) in [6.07, 6.45) is 1.58. The Labute approximate surface area is 160 Å². The zero-order valence-electron chi connectivity index (χ0n) is 14.2. The number of anilines is 1. The number of rotatable bonds is 4. The van der Waals surface area contributed by atoms with E-state index >= 15 is 0 Å². The molecule has 1 N–H and O–H groups in total. The van der Waals surface area contributed by atoms with Crippen molar-refractivity contribution in [1.82, 2.24) is 4.98 Å². The van der Waals surface area contributed by atoms with E-state index in [0.717, 1.165) is 15.7 Å². The molecule has 0 aliphatic rings. The predicted molar refractivity (Wildman–Crippen MR) is 107 cm³/mol. The molecule has 1 aromatic heterocycles. The van der Waals surface area contributed by atoms with E-state index in [4.69, 9.17) is 0 Å². The number of amides is 1. The highest BCUT2D eigenvalue weighted by molar-refractivity contribution is 7.99. The Kier molecular flexibility index (Phi) is 4.85. The van der Waals surface area contributed by atoms with Gasteiger partial charge in [0.05, 0.1) is 5.69 Å². The molecule has 0 bridgehead atoms. The summed E-state index contributed by atoms with van der Waals surface area (Å²) in [4.78, 5) is 18.0. The van der Waals surface area contributed by atoms with E-state index in [1.54, 1.807) is 42.6 Å². The highest BCUT2D eigenvalue weighted by atomic mass is 32.2. The fourth-order valence-electron chi connectivity index (χ4n) is 2.83. The Morgan fingerprint density at radius 1 is 0.852 bits per heavy atom. The first-order chi connectivity index (χ1) is 13.2. The summed E-state index contributed by atoms with van der Waals surface area (Å²) in [5.41, 5.74) is 1.01. The van der Waals surface area contributed by atoms with E-state index in [-0.39, 0.29) is 11.7 Å². The van der Waals surface area contributed by atoms with Crippen LogP contribution in [0.25, 0.3) is 10.8 Å². The Hall–Kier alpha value is -3.18. The predicted octanol–water partition coefficient (Wildman–Crippen LogP) is 5.78. The summed E-state index contributed by atoms with van der Waals surface area (Å²) in [7, 11) is 0. The third-order valence-corrected chi connectivity index (χ3v) is 5.18. The van der Waals surface area contributed by atoms with Gasteiger partial charge in [-0.2, -0.15) is 0 Å². The molecule has 3 aromatic carbocycles. The smallest absolute Gasteiger partial charge is 0.274 e. The van der Waals surface area contributed by atoms with Crippen molar-refractivity contribution in [2.24, 2.45) is 0 Å². The number of halogens is 1. The molecule has 0 spiro atoms. The van der Waals surface area contributed by atoms with E-state index in [1.807, 2.05) is 36.4 Å². The van der Waals surface area contributed by atoms with Gasteiger partial charge in [-0.1, -0.05) is 54.2 Å². The second-order valence-electron chi connectivity index (χ2n) is 5.86. The molecule has 0 unspecified atom stereocenters. The third kappa shape index (κ3) is 3.68. The molecule has 0 atom stereocenters. The van der Waals surface area contributed by atoms with Crippen LogP contribution in [0.3, 0.4) is 0 Å². The van der Waals surface area contributed by atoms with Crippen LogP contribution >= 0.6 is 11.8 Å². The van der Waals surface area contributed by atoms with Gasteiger partial charge >= 0.3 is 0 Å². The van der Waals surface area contributed by atoms with Gasteiger partial charge in [-0.05, 0) is 41.8 Å². The molecule has 1 heterocycles. The Morgan fingerprint density at radius 2 is 1.59 bits per heavy atom. The number of aromatic nitrogens is 1. The first-order valence-electron chi connectivity index (χ1n) is 8.39. The number of carbonyl (C=O) groups excluding carboxylic acids is 1. The van der Waals surface area contributed by atoms with E-state index in [0.29, 0.717) is 16.3 Å². The van der Waals surface area contributed by atoms with Gasteiger partial charge in [-0.15, -0.1) is 0 Å². The molecule has 1 amide bonds. The normalized spacial score (nSPS) is 10.7. The summed E-state index contributed by atoms with van der Waals surface area (Å²) in [5, 5.41) is 4.77. The van der Waals surface area contributed by atoms with Crippen LogP contribution in [0.4, 0.5) is 10.1 Å². The van der Waals surface area contributed by atoms with Crippen LogP contribution in [0.15, 0.2) is 94.9 Å². The van der Waals surface area contributed by atoms with Crippen LogP contribution in [0, 0.1) is 5.82 Å². The van der Waals surface area contributed by atoms with Crippen molar-refractivity contribution in [3.05, 3.63) is 96.6 Å². The minimum atomic E-state index is -0.284. The lowest BCUT2D eigenvalue weighted by Crippen LogP contribution is -2.13. The monoisotopic (exact) mass is 374 g/mol. The van der Waals surface area contributed by atoms with Crippen molar-refractivity contribution < 1.29 is 9.18 Å². The molecular formula is C22H15FN2OS. The standard InChI is InChI=1S/C22H15FN2OS/c23-16-9-1-2-12-19(16)27-20-13-6-8-15-7-5-11-17(21(15)20)25-22(26)18-10-3-4-14-24-18/h1-14H,(H,25,26). The summed E-state index contributed by atoms with van der Waals surface area (Å²) in [6.45, 7) is 0. The Balaban J connectivity index is 1.75. The van der Waals surface area contributed by atoms with Crippen LogP contribution in [-0.4, -0.2) is 10.9 Å². The van der Waals surface area contributed by atoms with Gasteiger partial charge in [0.25, 0.3) is 5.91 Å². The molecule has 4 aromatic rings. The molecule has 3 nitrogen and oxygen atoms in total. The van der Waals surface area contributed by atoms with E-state index < -0.39 is 0 Å². The first-order valence-corrected chi connectivity index (χ1v) is 9.20. The maximum Gasteiger partial charge on any atom is 0.274 e. The van der Waals surface area contributed by atoms with E-state index in [2.05, 4.69) is 10.3 Å². The molecule has 5 heteroatoms. The Bertz CT molecular complexity index is 1110. The summed E-state index contributed by atoms with van der Waals surface area (Å²) in [5.74, 6) is -0.552. The molecular weight excluding hydrogens is 359 g/mol. The average molecular weight is 374 g/mol. The topological polar surface area (TPSA) is 42.0 Å². The number of hydrogen-bond donors (Lipinski definition) is 1. The van der Waals surface area contributed by atoms with Gasteiger partial charge in [0.1, 0.15) is 11.5 Å². The van der Waals surface area contributed by atoms with Crippen LogP contribution < -0.4 is 5.32 Å². The molecule has 0 radical (unpaired) electrons. The van der Waals surface area contributed by atoms with Crippen molar-refractivity contribution in [2.75, 3.05) is 5.32 Å². The molecule has 4 rings (SSSR count). The minimum absolute atomic E-state index is 0.269. The van der Waals surface area contributed by atoms with Crippen LogP contribution in [0.2, 0.25) is 0 Å². The quantitative estimate of drug-likeness (QED) is 0.492. The molecule has 0 aliphatic carbocycles. The van der Waals surface area contributed by atoms with Crippen molar-refractivity contribution in [3.8, 4) is 0 Å². The fraction of sp³-hybridized carbons (Fsp3) is 0. The largest absolute Gasteiger partial charge is 0.320 e. The summed E-state index contributed by atoms with van der Waals surface area (Å²) >= 11 is 1.34. The molecule has 27 heavy (non-hydrogen) atoms. The third-order valence-electron chi connectivity index (χ3n) is 4.07. The van der Waals surface area contributed by atoms with Crippen molar-refractivity contribution >= 4 is 34.1 Å². The molecule has 0 aliphatic heterocycles. The zero-order valence-corrected chi connectivity index (χ0v) is 15.0. The van der Waals surface area contributed by atoms with Gasteiger partial charge < -0.3 is 5.32 Å². The number of benzene rings is 3. The SMILES string of the molecule is O=C(Nc1cccc2cccc(Sc3ccccc3F)c12)c1ccccn1. The van der Waals surface area contributed by atoms with Gasteiger partial charge in [0, 0.05) is 21.4 Å². The molecule has 132 valence electrons. The van der Waals surface area contributed by atoms with Crippen molar-refractivity contribution in [1.29, 1.82) is 0 Å². The second-order valence-corrected chi connectivity index (χ2v) is 6.95. The van der Waals surface area contributed by atoms with Gasteiger partial charge in [-0.3, -0.25) is 9.78 Å². The highest BCUT2D eigenvalue weighted by Gasteiger charge is 2.13. The number of hydrogen-bond acceptors (Lipinski definition) is 3. The number of nitrogens with one attached hydrogen (secondary N) is 1. The molecule has 0 saturated carbocycles. The zero-order chi connectivity index (χ0) is 18.6. The lowest BCUT2D eigenvalue weighted by molar-refractivity contribution is 0.102. The van der Waals surface area contributed by atoms with Gasteiger partial charge in [0.15, 0.2) is 0 Å².